The molecule has 1 heterocycles. The minimum absolute atomic E-state index is 0.262. The molecule has 1 rings (SSSR count). The fraction of sp³-hybridized carbons (Fsp3) is 0.923. The lowest BCUT2D eigenvalue weighted by Gasteiger charge is -2.40. The molecule has 1 atom stereocenters. The zero-order valence-corrected chi connectivity index (χ0v) is 11.7. The summed E-state index contributed by atoms with van der Waals surface area (Å²) in [4.78, 5) is 16.5. The van der Waals surface area contributed by atoms with E-state index in [-0.39, 0.29) is 11.3 Å². The number of hydrogen-bond donors (Lipinski definition) is 1. The molecule has 0 aromatic heterocycles. The molecule has 0 saturated carbocycles. The van der Waals surface area contributed by atoms with E-state index in [4.69, 9.17) is 5.73 Å². The molecule has 0 spiro atoms. The predicted octanol–water partition coefficient (Wildman–Crippen LogP) is 0.914. The van der Waals surface area contributed by atoms with E-state index in [0.717, 1.165) is 32.6 Å². The van der Waals surface area contributed by atoms with Crippen LogP contribution in [0.25, 0.3) is 0 Å². The second kappa shape index (κ2) is 5.83. The summed E-state index contributed by atoms with van der Waals surface area (Å²) in [6, 6.07) is 0.474. The van der Waals surface area contributed by atoms with Crippen LogP contribution < -0.4 is 5.73 Å². The molecular weight excluding hydrogens is 214 g/mol. The quantitative estimate of drug-likeness (QED) is 0.799. The van der Waals surface area contributed by atoms with Crippen molar-refractivity contribution in [2.45, 2.75) is 40.2 Å². The van der Waals surface area contributed by atoms with Gasteiger partial charge in [0, 0.05) is 44.2 Å². The van der Waals surface area contributed by atoms with Crippen molar-refractivity contribution in [3.8, 4) is 0 Å². The second-order valence-corrected chi connectivity index (χ2v) is 5.88. The summed E-state index contributed by atoms with van der Waals surface area (Å²) < 4.78 is 0. The Balaban J connectivity index is 2.48. The maximum atomic E-state index is 12.1. The summed E-state index contributed by atoms with van der Waals surface area (Å²) in [5.74, 6) is 0.262. The topological polar surface area (TPSA) is 49.6 Å². The third-order valence-corrected chi connectivity index (χ3v) is 3.50. The van der Waals surface area contributed by atoms with E-state index < -0.39 is 0 Å². The predicted molar refractivity (Wildman–Crippen MR) is 70.7 cm³/mol. The van der Waals surface area contributed by atoms with E-state index in [1.54, 1.807) is 0 Å². The number of carbonyl (C=O) groups excluding carboxylic acids is 1. The summed E-state index contributed by atoms with van der Waals surface area (Å²) in [5, 5.41) is 0. The van der Waals surface area contributed by atoms with Gasteiger partial charge in [0.15, 0.2) is 0 Å². The van der Waals surface area contributed by atoms with Crippen LogP contribution in [-0.2, 0) is 4.79 Å². The third-order valence-electron chi connectivity index (χ3n) is 3.50. The van der Waals surface area contributed by atoms with Crippen LogP contribution in [0.4, 0.5) is 0 Å². The van der Waals surface area contributed by atoms with Crippen molar-refractivity contribution < 1.29 is 4.79 Å². The zero-order valence-electron chi connectivity index (χ0n) is 11.7. The van der Waals surface area contributed by atoms with E-state index in [0.29, 0.717) is 12.6 Å². The third kappa shape index (κ3) is 3.68. The Morgan fingerprint density at radius 3 is 2.12 bits per heavy atom. The van der Waals surface area contributed by atoms with Gasteiger partial charge in [0.25, 0.3) is 0 Å². The summed E-state index contributed by atoms with van der Waals surface area (Å²) >= 11 is 0. The number of hydrogen-bond acceptors (Lipinski definition) is 3. The van der Waals surface area contributed by atoms with Crippen molar-refractivity contribution in [2.75, 3.05) is 32.7 Å². The molecule has 1 fully saturated rings. The second-order valence-electron chi connectivity index (χ2n) is 5.88. The molecule has 1 amide bonds. The Labute approximate surface area is 105 Å². The number of amides is 1. The standard InChI is InChI=1S/C13H27N3O/c1-5-11(10-14)15-6-8-16(9-7-15)12(17)13(2,3)4/h11H,5-10,14H2,1-4H3. The fourth-order valence-electron chi connectivity index (χ4n) is 2.34. The van der Waals surface area contributed by atoms with E-state index in [9.17, 15) is 4.79 Å². The highest BCUT2D eigenvalue weighted by Gasteiger charge is 2.30. The first-order valence-corrected chi connectivity index (χ1v) is 6.63. The van der Waals surface area contributed by atoms with E-state index >= 15 is 0 Å². The average molecular weight is 241 g/mol. The lowest BCUT2D eigenvalue weighted by molar-refractivity contribution is -0.141. The van der Waals surface area contributed by atoms with Gasteiger partial charge in [-0.3, -0.25) is 9.69 Å². The molecule has 2 N–H and O–H groups in total. The first kappa shape index (κ1) is 14.5. The number of carbonyl (C=O) groups is 1. The molecule has 0 aromatic carbocycles. The zero-order chi connectivity index (χ0) is 13.1. The Morgan fingerprint density at radius 1 is 1.24 bits per heavy atom. The Morgan fingerprint density at radius 2 is 1.76 bits per heavy atom. The van der Waals surface area contributed by atoms with Crippen LogP contribution in [0.2, 0.25) is 0 Å². The van der Waals surface area contributed by atoms with Crippen molar-refractivity contribution in [1.29, 1.82) is 0 Å². The highest BCUT2D eigenvalue weighted by atomic mass is 16.2. The molecule has 0 aliphatic carbocycles. The van der Waals surface area contributed by atoms with Crippen molar-refractivity contribution >= 4 is 5.91 Å². The lowest BCUT2D eigenvalue weighted by Crippen LogP contribution is -2.55. The molecular formula is C13H27N3O. The molecule has 100 valence electrons. The van der Waals surface area contributed by atoms with Gasteiger partial charge in [-0.1, -0.05) is 27.7 Å². The minimum atomic E-state index is -0.264. The van der Waals surface area contributed by atoms with Crippen molar-refractivity contribution in [1.82, 2.24) is 9.80 Å². The largest absolute Gasteiger partial charge is 0.340 e. The Bertz CT molecular complexity index is 248. The van der Waals surface area contributed by atoms with E-state index in [1.807, 2.05) is 25.7 Å². The van der Waals surface area contributed by atoms with Gasteiger partial charge in [0.2, 0.25) is 5.91 Å². The van der Waals surface area contributed by atoms with E-state index in [2.05, 4.69) is 11.8 Å². The van der Waals surface area contributed by atoms with E-state index in [1.165, 1.54) is 0 Å². The highest BCUT2D eigenvalue weighted by Crippen LogP contribution is 2.19. The van der Waals surface area contributed by atoms with Crippen LogP contribution in [0.5, 0.6) is 0 Å². The molecule has 1 saturated heterocycles. The molecule has 17 heavy (non-hydrogen) atoms. The number of piperazine rings is 1. The summed E-state index contributed by atoms with van der Waals surface area (Å²) in [6.07, 6.45) is 1.09. The van der Waals surface area contributed by atoms with Crippen LogP contribution in [0.15, 0.2) is 0 Å². The van der Waals surface area contributed by atoms with Gasteiger partial charge in [-0.25, -0.2) is 0 Å². The molecule has 0 bridgehead atoms. The summed E-state index contributed by atoms with van der Waals surface area (Å²) in [6.45, 7) is 12.4. The van der Waals surface area contributed by atoms with Gasteiger partial charge in [-0.15, -0.1) is 0 Å². The molecule has 1 aliphatic heterocycles. The van der Waals surface area contributed by atoms with Gasteiger partial charge < -0.3 is 10.6 Å². The normalized spacial score (nSPS) is 20.4. The van der Waals surface area contributed by atoms with Gasteiger partial charge in [-0.05, 0) is 6.42 Å². The number of nitrogens with zero attached hydrogens (tertiary/aromatic N) is 2. The molecule has 1 aliphatic rings. The first-order valence-electron chi connectivity index (χ1n) is 6.63. The van der Waals surface area contributed by atoms with Crippen molar-refractivity contribution in [2.24, 2.45) is 11.1 Å². The summed E-state index contributed by atoms with van der Waals surface area (Å²) in [7, 11) is 0. The van der Waals surface area contributed by atoms with Gasteiger partial charge in [0.05, 0.1) is 0 Å². The highest BCUT2D eigenvalue weighted by molar-refractivity contribution is 5.81. The molecule has 4 heteroatoms. The maximum absolute atomic E-state index is 12.1. The minimum Gasteiger partial charge on any atom is -0.340 e. The van der Waals surface area contributed by atoms with Crippen LogP contribution in [0.3, 0.4) is 0 Å². The van der Waals surface area contributed by atoms with Crippen molar-refractivity contribution in [3.05, 3.63) is 0 Å². The lowest BCUT2D eigenvalue weighted by atomic mass is 9.94. The number of rotatable bonds is 3. The van der Waals surface area contributed by atoms with Gasteiger partial charge in [-0.2, -0.15) is 0 Å². The monoisotopic (exact) mass is 241 g/mol. The molecule has 0 aromatic rings. The first-order chi connectivity index (χ1) is 7.90. The maximum Gasteiger partial charge on any atom is 0.228 e. The van der Waals surface area contributed by atoms with Gasteiger partial charge in [0.1, 0.15) is 0 Å². The van der Waals surface area contributed by atoms with Crippen molar-refractivity contribution in [3.63, 3.8) is 0 Å². The molecule has 0 radical (unpaired) electrons. The molecule has 1 unspecified atom stereocenters. The smallest absolute Gasteiger partial charge is 0.228 e. The van der Waals surface area contributed by atoms with Crippen LogP contribution in [0, 0.1) is 5.41 Å². The SMILES string of the molecule is CCC(CN)N1CCN(C(=O)C(C)(C)C)CC1. The fourth-order valence-corrected chi connectivity index (χ4v) is 2.34. The van der Waals surface area contributed by atoms with Crippen LogP contribution in [0.1, 0.15) is 34.1 Å². The summed E-state index contributed by atoms with van der Waals surface area (Å²) in [5.41, 5.74) is 5.49. The van der Waals surface area contributed by atoms with Gasteiger partial charge >= 0.3 is 0 Å². The Hall–Kier alpha value is -0.610. The average Bonchev–Trinajstić information content (AvgIpc) is 2.29. The Kier molecular flexibility index (Phi) is 4.95. The van der Waals surface area contributed by atoms with Crippen LogP contribution >= 0.6 is 0 Å². The number of nitrogens with two attached hydrogens (primary N) is 1. The van der Waals surface area contributed by atoms with Crippen LogP contribution in [-0.4, -0.2) is 54.5 Å². The molecule has 4 nitrogen and oxygen atoms in total.